The highest BCUT2D eigenvalue weighted by molar-refractivity contribution is 6.05. The van der Waals surface area contributed by atoms with E-state index in [9.17, 15) is 9.59 Å². The lowest BCUT2D eigenvalue weighted by atomic mass is 10.0. The second-order valence-electron chi connectivity index (χ2n) is 5.08. The fourth-order valence-electron chi connectivity index (χ4n) is 2.48. The number of benzene rings is 1. The summed E-state index contributed by atoms with van der Waals surface area (Å²) in [5.74, 6) is -0.155. The molecule has 1 heterocycles. The number of carbonyl (C=O) groups excluding carboxylic acids is 2. The SMILES string of the molecule is Cc1cccc(NC(=O)CCN)c1C(=O)N1CCCC1.Cl. The molecule has 2 rings (SSSR count). The predicted octanol–water partition coefficient (Wildman–Crippen LogP) is 1.94. The van der Waals surface area contributed by atoms with E-state index < -0.39 is 0 Å². The molecule has 1 saturated heterocycles. The molecular weight excluding hydrogens is 290 g/mol. The third kappa shape index (κ3) is 4.19. The number of nitrogens with two attached hydrogens (primary N) is 1. The van der Waals surface area contributed by atoms with Crippen LogP contribution < -0.4 is 11.1 Å². The number of amides is 2. The molecule has 1 aromatic rings. The van der Waals surface area contributed by atoms with Crippen LogP contribution in [-0.4, -0.2) is 36.3 Å². The Morgan fingerprint density at radius 1 is 1.29 bits per heavy atom. The molecule has 6 heteroatoms. The highest BCUT2D eigenvalue weighted by Crippen LogP contribution is 2.23. The van der Waals surface area contributed by atoms with Crippen molar-refractivity contribution in [2.24, 2.45) is 5.73 Å². The number of likely N-dealkylation sites (tertiary alicyclic amines) is 1. The summed E-state index contributed by atoms with van der Waals surface area (Å²) < 4.78 is 0. The number of carbonyl (C=O) groups is 2. The van der Waals surface area contributed by atoms with Crippen molar-refractivity contribution in [2.45, 2.75) is 26.2 Å². The zero-order chi connectivity index (χ0) is 14.5. The minimum atomic E-state index is -0.159. The van der Waals surface area contributed by atoms with Crippen LogP contribution in [0, 0.1) is 6.92 Å². The molecule has 21 heavy (non-hydrogen) atoms. The average Bonchev–Trinajstić information content (AvgIpc) is 2.92. The minimum absolute atomic E-state index is 0. The first-order chi connectivity index (χ1) is 9.63. The van der Waals surface area contributed by atoms with E-state index >= 15 is 0 Å². The standard InChI is InChI=1S/C15H21N3O2.ClH/c1-11-5-4-6-12(17-13(19)7-8-16)14(11)15(20)18-9-2-3-10-18;/h4-6H,2-3,7-10,16H2,1H3,(H,17,19);1H. The van der Waals surface area contributed by atoms with Gasteiger partial charge in [0.15, 0.2) is 0 Å². The second kappa shape index (κ2) is 8.00. The zero-order valence-electron chi connectivity index (χ0n) is 12.2. The van der Waals surface area contributed by atoms with Gasteiger partial charge in [0.05, 0.1) is 11.3 Å². The van der Waals surface area contributed by atoms with Crippen molar-refractivity contribution >= 4 is 29.9 Å². The van der Waals surface area contributed by atoms with Crippen LogP contribution in [0.25, 0.3) is 0 Å². The van der Waals surface area contributed by atoms with E-state index in [1.165, 1.54) is 0 Å². The molecule has 1 aliphatic rings. The number of hydrogen-bond acceptors (Lipinski definition) is 3. The molecule has 0 unspecified atom stereocenters. The lowest BCUT2D eigenvalue weighted by Crippen LogP contribution is -2.29. The van der Waals surface area contributed by atoms with Crippen LogP contribution in [0.15, 0.2) is 18.2 Å². The molecule has 0 saturated carbocycles. The molecule has 5 nitrogen and oxygen atoms in total. The maximum atomic E-state index is 12.6. The topological polar surface area (TPSA) is 75.4 Å². The number of anilines is 1. The van der Waals surface area contributed by atoms with E-state index in [-0.39, 0.29) is 30.6 Å². The van der Waals surface area contributed by atoms with Gasteiger partial charge in [-0.1, -0.05) is 12.1 Å². The summed E-state index contributed by atoms with van der Waals surface area (Å²) in [6, 6.07) is 5.50. The summed E-state index contributed by atoms with van der Waals surface area (Å²) in [6.45, 7) is 3.78. The first kappa shape index (κ1) is 17.5. The zero-order valence-corrected chi connectivity index (χ0v) is 13.0. The Hall–Kier alpha value is -1.59. The van der Waals surface area contributed by atoms with Gasteiger partial charge in [-0.05, 0) is 31.4 Å². The van der Waals surface area contributed by atoms with Crippen LogP contribution in [0.4, 0.5) is 5.69 Å². The smallest absolute Gasteiger partial charge is 0.256 e. The molecular formula is C15H22ClN3O2. The van der Waals surface area contributed by atoms with Gasteiger partial charge >= 0.3 is 0 Å². The monoisotopic (exact) mass is 311 g/mol. The van der Waals surface area contributed by atoms with Crippen molar-refractivity contribution in [3.63, 3.8) is 0 Å². The van der Waals surface area contributed by atoms with Gasteiger partial charge < -0.3 is 16.0 Å². The number of nitrogens with one attached hydrogen (secondary N) is 1. The largest absolute Gasteiger partial charge is 0.339 e. The third-order valence-corrected chi connectivity index (χ3v) is 3.53. The van der Waals surface area contributed by atoms with Crippen molar-refractivity contribution in [1.29, 1.82) is 0 Å². The molecule has 0 atom stereocenters. The minimum Gasteiger partial charge on any atom is -0.339 e. The van der Waals surface area contributed by atoms with Crippen LogP contribution >= 0.6 is 12.4 Å². The van der Waals surface area contributed by atoms with Gasteiger partial charge in [0.25, 0.3) is 5.91 Å². The van der Waals surface area contributed by atoms with Gasteiger partial charge in [-0.25, -0.2) is 0 Å². The van der Waals surface area contributed by atoms with Gasteiger partial charge in [0.1, 0.15) is 0 Å². The van der Waals surface area contributed by atoms with Crippen molar-refractivity contribution in [1.82, 2.24) is 4.90 Å². The van der Waals surface area contributed by atoms with E-state index in [2.05, 4.69) is 5.32 Å². The number of hydrogen-bond donors (Lipinski definition) is 2. The first-order valence-corrected chi connectivity index (χ1v) is 7.02. The molecule has 1 aromatic carbocycles. The molecule has 3 N–H and O–H groups in total. The first-order valence-electron chi connectivity index (χ1n) is 7.02. The summed E-state index contributed by atoms with van der Waals surface area (Å²) in [6.07, 6.45) is 2.35. The van der Waals surface area contributed by atoms with E-state index in [1.807, 2.05) is 24.0 Å². The molecule has 0 aromatic heterocycles. The second-order valence-corrected chi connectivity index (χ2v) is 5.08. The Morgan fingerprint density at radius 2 is 1.95 bits per heavy atom. The van der Waals surface area contributed by atoms with Crippen LogP contribution in [0.1, 0.15) is 35.2 Å². The van der Waals surface area contributed by atoms with E-state index in [0.717, 1.165) is 31.5 Å². The molecule has 116 valence electrons. The predicted molar refractivity (Wildman–Crippen MR) is 85.9 cm³/mol. The van der Waals surface area contributed by atoms with E-state index in [0.29, 0.717) is 17.8 Å². The van der Waals surface area contributed by atoms with Crippen LogP contribution in [0.3, 0.4) is 0 Å². The molecule has 1 aliphatic heterocycles. The molecule has 1 fully saturated rings. The summed E-state index contributed by atoms with van der Waals surface area (Å²) in [7, 11) is 0. The summed E-state index contributed by atoms with van der Waals surface area (Å²) in [5.41, 5.74) is 7.44. The Labute approximate surface area is 131 Å². The van der Waals surface area contributed by atoms with E-state index in [1.54, 1.807) is 6.07 Å². The van der Waals surface area contributed by atoms with Gasteiger partial charge in [0.2, 0.25) is 5.91 Å². The normalized spacial score (nSPS) is 13.7. The van der Waals surface area contributed by atoms with Gasteiger partial charge in [-0.2, -0.15) is 0 Å². The van der Waals surface area contributed by atoms with Crippen LogP contribution in [-0.2, 0) is 4.79 Å². The summed E-state index contributed by atoms with van der Waals surface area (Å²) in [4.78, 5) is 26.1. The fourth-order valence-corrected chi connectivity index (χ4v) is 2.48. The summed E-state index contributed by atoms with van der Waals surface area (Å²) in [5, 5.41) is 2.79. The Bertz CT molecular complexity index is 514. The van der Waals surface area contributed by atoms with Gasteiger partial charge in [-0.3, -0.25) is 9.59 Å². The number of halogens is 1. The lowest BCUT2D eigenvalue weighted by Gasteiger charge is -2.19. The Balaban J connectivity index is 0.00000220. The Kier molecular flexibility index (Phi) is 6.65. The maximum absolute atomic E-state index is 12.6. The van der Waals surface area contributed by atoms with Crippen molar-refractivity contribution < 1.29 is 9.59 Å². The van der Waals surface area contributed by atoms with Gasteiger partial charge in [-0.15, -0.1) is 12.4 Å². The summed E-state index contributed by atoms with van der Waals surface area (Å²) >= 11 is 0. The van der Waals surface area contributed by atoms with E-state index in [4.69, 9.17) is 5.73 Å². The van der Waals surface area contributed by atoms with Gasteiger partial charge in [0, 0.05) is 26.1 Å². The fraction of sp³-hybridized carbons (Fsp3) is 0.467. The number of aryl methyl sites for hydroxylation is 1. The highest BCUT2D eigenvalue weighted by atomic mass is 35.5. The maximum Gasteiger partial charge on any atom is 0.256 e. The van der Waals surface area contributed by atoms with Crippen LogP contribution in [0.2, 0.25) is 0 Å². The molecule has 0 spiro atoms. The average molecular weight is 312 g/mol. The number of nitrogens with zero attached hydrogens (tertiary/aromatic N) is 1. The van der Waals surface area contributed by atoms with Crippen molar-refractivity contribution in [3.8, 4) is 0 Å². The Morgan fingerprint density at radius 3 is 2.57 bits per heavy atom. The lowest BCUT2D eigenvalue weighted by molar-refractivity contribution is -0.116. The highest BCUT2D eigenvalue weighted by Gasteiger charge is 2.23. The molecule has 2 amide bonds. The number of rotatable bonds is 4. The van der Waals surface area contributed by atoms with Crippen LogP contribution in [0.5, 0.6) is 0 Å². The molecule has 0 bridgehead atoms. The quantitative estimate of drug-likeness (QED) is 0.892. The van der Waals surface area contributed by atoms with Crippen molar-refractivity contribution in [3.05, 3.63) is 29.3 Å². The third-order valence-electron chi connectivity index (χ3n) is 3.53. The van der Waals surface area contributed by atoms with Crippen molar-refractivity contribution in [2.75, 3.05) is 25.0 Å². The molecule has 0 aliphatic carbocycles. The molecule has 0 radical (unpaired) electrons.